The van der Waals surface area contributed by atoms with E-state index in [2.05, 4.69) is 24.0 Å². The number of aromatic nitrogens is 1. The summed E-state index contributed by atoms with van der Waals surface area (Å²) in [6, 6.07) is 6.09. The highest BCUT2D eigenvalue weighted by Crippen LogP contribution is 2.36. The van der Waals surface area contributed by atoms with Gasteiger partial charge in [0, 0.05) is 6.61 Å². The maximum absolute atomic E-state index is 5.79. The molecule has 0 radical (unpaired) electrons. The van der Waals surface area contributed by atoms with Crippen LogP contribution in [0.25, 0.3) is 11.1 Å². The number of benzene rings is 1. The first-order chi connectivity index (χ1) is 7.28. The lowest BCUT2D eigenvalue weighted by molar-refractivity contribution is 0.0169. The normalized spacial score (nSPS) is 26.2. The molecule has 0 saturated carbocycles. The molecular formula is C12H13NO2. The number of hydrogen-bond acceptors (Lipinski definition) is 3. The Morgan fingerprint density at radius 1 is 1.40 bits per heavy atom. The molecule has 15 heavy (non-hydrogen) atoms. The van der Waals surface area contributed by atoms with Crippen molar-refractivity contribution in [3.05, 3.63) is 30.2 Å². The standard InChI is InChI=1S/C12H13NO2/c1-12(5-2-6-15-12)9-3-4-11-10(7-9)13-8-14-11/h3-4,7-8H,2,5-6H2,1H3. The molecule has 0 amide bonds. The van der Waals surface area contributed by atoms with E-state index in [1.807, 2.05) is 6.07 Å². The maximum Gasteiger partial charge on any atom is 0.181 e. The van der Waals surface area contributed by atoms with Gasteiger partial charge in [0.25, 0.3) is 0 Å². The van der Waals surface area contributed by atoms with Crippen molar-refractivity contribution in [3.8, 4) is 0 Å². The zero-order valence-corrected chi connectivity index (χ0v) is 8.69. The molecule has 1 aromatic carbocycles. The van der Waals surface area contributed by atoms with Crippen LogP contribution in [0.1, 0.15) is 25.3 Å². The molecule has 2 aromatic rings. The zero-order valence-electron chi connectivity index (χ0n) is 8.69. The quantitative estimate of drug-likeness (QED) is 0.714. The Kier molecular flexibility index (Phi) is 1.83. The van der Waals surface area contributed by atoms with Gasteiger partial charge in [-0.1, -0.05) is 6.07 Å². The highest BCUT2D eigenvalue weighted by molar-refractivity contribution is 5.73. The molecule has 3 nitrogen and oxygen atoms in total. The van der Waals surface area contributed by atoms with E-state index in [-0.39, 0.29) is 5.60 Å². The fourth-order valence-corrected chi connectivity index (χ4v) is 2.19. The van der Waals surface area contributed by atoms with Crippen molar-refractivity contribution in [3.63, 3.8) is 0 Å². The molecule has 1 saturated heterocycles. The summed E-state index contributed by atoms with van der Waals surface area (Å²) in [5.74, 6) is 0. The zero-order chi connectivity index (χ0) is 10.3. The van der Waals surface area contributed by atoms with Gasteiger partial charge in [0.15, 0.2) is 12.0 Å². The van der Waals surface area contributed by atoms with Crippen LogP contribution < -0.4 is 0 Å². The molecule has 3 rings (SSSR count). The first-order valence-electron chi connectivity index (χ1n) is 5.26. The van der Waals surface area contributed by atoms with Gasteiger partial charge in [-0.15, -0.1) is 0 Å². The molecule has 1 unspecified atom stereocenters. The topological polar surface area (TPSA) is 35.3 Å². The van der Waals surface area contributed by atoms with Crippen LogP contribution in [-0.2, 0) is 10.3 Å². The van der Waals surface area contributed by atoms with Crippen molar-refractivity contribution in [2.45, 2.75) is 25.4 Å². The van der Waals surface area contributed by atoms with E-state index in [1.54, 1.807) is 0 Å². The first kappa shape index (κ1) is 8.92. The fraction of sp³-hybridized carbons (Fsp3) is 0.417. The Labute approximate surface area is 88.1 Å². The van der Waals surface area contributed by atoms with Crippen molar-refractivity contribution >= 4 is 11.1 Å². The molecule has 1 aromatic heterocycles. The van der Waals surface area contributed by atoms with E-state index in [4.69, 9.17) is 9.15 Å². The van der Waals surface area contributed by atoms with E-state index in [0.29, 0.717) is 0 Å². The van der Waals surface area contributed by atoms with Crippen LogP contribution in [0.4, 0.5) is 0 Å². The van der Waals surface area contributed by atoms with Crippen molar-refractivity contribution in [2.75, 3.05) is 6.61 Å². The van der Waals surface area contributed by atoms with Crippen LogP contribution in [0.5, 0.6) is 0 Å². The van der Waals surface area contributed by atoms with Crippen molar-refractivity contribution < 1.29 is 9.15 Å². The molecule has 1 aliphatic rings. The van der Waals surface area contributed by atoms with Gasteiger partial charge in [-0.05, 0) is 37.5 Å². The summed E-state index contributed by atoms with van der Waals surface area (Å²) < 4.78 is 11.0. The predicted molar refractivity (Wildman–Crippen MR) is 56.5 cm³/mol. The number of hydrogen-bond donors (Lipinski definition) is 0. The van der Waals surface area contributed by atoms with Crippen LogP contribution in [0.3, 0.4) is 0 Å². The van der Waals surface area contributed by atoms with E-state index in [1.165, 1.54) is 12.0 Å². The smallest absolute Gasteiger partial charge is 0.181 e. The second-order valence-corrected chi connectivity index (χ2v) is 4.22. The van der Waals surface area contributed by atoms with Crippen LogP contribution in [0, 0.1) is 0 Å². The van der Waals surface area contributed by atoms with Crippen LogP contribution in [0.15, 0.2) is 29.0 Å². The van der Waals surface area contributed by atoms with E-state index in [0.717, 1.165) is 30.5 Å². The monoisotopic (exact) mass is 203 g/mol. The number of rotatable bonds is 1. The Hall–Kier alpha value is -1.35. The summed E-state index contributed by atoms with van der Waals surface area (Å²) in [7, 11) is 0. The molecular weight excluding hydrogens is 190 g/mol. The summed E-state index contributed by atoms with van der Waals surface area (Å²) >= 11 is 0. The van der Waals surface area contributed by atoms with Gasteiger partial charge in [-0.3, -0.25) is 0 Å². The molecule has 3 heteroatoms. The second-order valence-electron chi connectivity index (χ2n) is 4.22. The molecule has 0 N–H and O–H groups in total. The number of ether oxygens (including phenoxy) is 1. The highest BCUT2D eigenvalue weighted by Gasteiger charge is 2.31. The van der Waals surface area contributed by atoms with E-state index >= 15 is 0 Å². The van der Waals surface area contributed by atoms with Gasteiger partial charge in [0.05, 0.1) is 5.60 Å². The Morgan fingerprint density at radius 2 is 2.33 bits per heavy atom. The summed E-state index contributed by atoms with van der Waals surface area (Å²) in [6.45, 7) is 2.99. The van der Waals surface area contributed by atoms with E-state index in [9.17, 15) is 0 Å². The largest absolute Gasteiger partial charge is 0.443 e. The Morgan fingerprint density at radius 3 is 3.13 bits per heavy atom. The number of oxazole rings is 1. The molecule has 1 aliphatic heterocycles. The average molecular weight is 203 g/mol. The predicted octanol–water partition coefficient (Wildman–Crippen LogP) is 2.85. The highest BCUT2D eigenvalue weighted by atomic mass is 16.5. The van der Waals surface area contributed by atoms with Gasteiger partial charge in [-0.2, -0.15) is 0 Å². The third kappa shape index (κ3) is 1.35. The molecule has 1 fully saturated rings. The summed E-state index contributed by atoms with van der Waals surface area (Å²) in [4.78, 5) is 4.16. The minimum atomic E-state index is -0.132. The van der Waals surface area contributed by atoms with Crippen molar-refractivity contribution in [1.82, 2.24) is 4.98 Å². The average Bonchev–Trinajstić information content (AvgIpc) is 2.85. The molecule has 0 bridgehead atoms. The minimum Gasteiger partial charge on any atom is -0.443 e. The summed E-state index contributed by atoms with van der Waals surface area (Å²) in [5, 5.41) is 0. The first-order valence-corrected chi connectivity index (χ1v) is 5.26. The number of nitrogens with zero attached hydrogens (tertiary/aromatic N) is 1. The third-order valence-electron chi connectivity index (χ3n) is 3.16. The molecule has 2 heterocycles. The van der Waals surface area contributed by atoms with Crippen molar-refractivity contribution in [2.24, 2.45) is 0 Å². The van der Waals surface area contributed by atoms with Gasteiger partial charge >= 0.3 is 0 Å². The molecule has 0 aliphatic carbocycles. The van der Waals surface area contributed by atoms with E-state index < -0.39 is 0 Å². The number of fused-ring (bicyclic) bond motifs is 1. The van der Waals surface area contributed by atoms with Gasteiger partial charge < -0.3 is 9.15 Å². The Balaban J connectivity index is 2.10. The lowest BCUT2D eigenvalue weighted by Crippen LogP contribution is -2.19. The van der Waals surface area contributed by atoms with Gasteiger partial charge in [-0.25, -0.2) is 4.98 Å². The third-order valence-corrected chi connectivity index (χ3v) is 3.16. The molecule has 78 valence electrons. The maximum atomic E-state index is 5.79. The van der Waals surface area contributed by atoms with Crippen LogP contribution in [0.2, 0.25) is 0 Å². The van der Waals surface area contributed by atoms with Crippen LogP contribution >= 0.6 is 0 Å². The lowest BCUT2D eigenvalue weighted by atomic mass is 9.93. The lowest BCUT2D eigenvalue weighted by Gasteiger charge is -2.23. The SMILES string of the molecule is CC1(c2ccc3ocnc3c2)CCCO1. The van der Waals surface area contributed by atoms with Gasteiger partial charge in [0.1, 0.15) is 5.52 Å². The molecule has 1 atom stereocenters. The van der Waals surface area contributed by atoms with Gasteiger partial charge in [0.2, 0.25) is 0 Å². The summed E-state index contributed by atoms with van der Waals surface area (Å²) in [6.07, 6.45) is 3.69. The summed E-state index contributed by atoms with van der Waals surface area (Å²) in [5.41, 5.74) is 2.80. The molecule has 0 spiro atoms. The van der Waals surface area contributed by atoms with Crippen LogP contribution in [-0.4, -0.2) is 11.6 Å². The minimum absolute atomic E-state index is 0.132. The fourth-order valence-electron chi connectivity index (χ4n) is 2.19. The second kappa shape index (κ2) is 3.07. The Bertz CT molecular complexity index is 483. The van der Waals surface area contributed by atoms with Crippen molar-refractivity contribution in [1.29, 1.82) is 0 Å².